The van der Waals surface area contributed by atoms with E-state index in [9.17, 15) is 0 Å². The Labute approximate surface area is 128 Å². The summed E-state index contributed by atoms with van der Waals surface area (Å²) in [5.41, 5.74) is 8.54. The van der Waals surface area contributed by atoms with Gasteiger partial charge in [0.25, 0.3) is 0 Å². The van der Waals surface area contributed by atoms with Crippen LogP contribution in [0, 0.1) is 0 Å². The maximum atomic E-state index is 6.43. The van der Waals surface area contributed by atoms with Crippen molar-refractivity contribution in [3.05, 3.63) is 59.4 Å². The summed E-state index contributed by atoms with van der Waals surface area (Å²) >= 11 is 6.43. The van der Waals surface area contributed by atoms with E-state index in [2.05, 4.69) is 4.98 Å². The summed E-state index contributed by atoms with van der Waals surface area (Å²) in [7, 11) is 1.66. The number of nitrogens with zero attached hydrogens (tertiary/aromatic N) is 1. The Morgan fingerprint density at radius 1 is 1.10 bits per heavy atom. The third-order valence-corrected chi connectivity index (χ3v) is 3.85. The van der Waals surface area contributed by atoms with Crippen molar-refractivity contribution >= 4 is 22.4 Å². The average molecular weight is 299 g/mol. The molecule has 1 aromatic heterocycles. The molecule has 0 saturated heterocycles. The predicted octanol–water partition coefficient (Wildman–Crippen LogP) is 4.02. The van der Waals surface area contributed by atoms with E-state index in [1.807, 2.05) is 48.7 Å². The molecular formula is C17H15ClN2O. The van der Waals surface area contributed by atoms with Gasteiger partial charge >= 0.3 is 0 Å². The monoisotopic (exact) mass is 298 g/mol. The fourth-order valence-electron chi connectivity index (χ4n) is 2.55. The SMILES string of the molecule is COc1ccccc1-c1cnc(CN)c2cccc(Cl)c12. The Morgan fingerprint density at radius 3 is 2.67 bits per heavy atom. The molecule has 0 saturated carbocycles. The van der Waals surface area contributed by atoms with Crippen LogP contribution in [0.15, 0.2) is 48.7 Å². The van der Waals surface area contributed by atoms with Gasteiger partial charge in [-0.05, 0) is 12.1 Å². The number of ether oxygens (including phenoxy) is 1. The van der Waals surface area contributed by atoms with Gasteiger partial charge in [0.05, 0.1) is 12.8 Å². The third-order valence-electron chi connectivity index (χ3n) is 3.53. The van der Waals surface area contributed by atoms with Crippen LogP contribution in [0.25, 0.3) is 21.9 Å². The molecule has 2 N–H and O–H groups in total. The first-order chi connectivity index (χ1) is 10.3. The van der Waals surface area contributed by atoms with Crippen LogP contribution in [0.5, 0.6) is 5.75 Å². The summed E-state index contributed by atoms with van der Waals surface area (Å²) < 4.78 is 5.45. The summed E-state index contributed by atoms with van der Waals surface area (Å²) in [5.74, 6) is 0.793. The molecule has 0 spiro atoms. The van der Waals surface area contributed by atoms with E-state index in [1.54, 1.807) is 7.11 Å². The molecule has 106 valence electrons. The number of methoxy groups -OCH3 is 1. The Balaban J connectivity index is 2.39. The molecule has 0 unspecified atom stereocenters. The van der Waals surface area contributed by atoms with Crippen molar-refractivity contribution in [2.45, 2.75) is 6.54 Å². The lowest BCUT2D eigenvalue weighted by Crippen LogP contribution is -2.01. The molecular weight excluding hydrogens is 284 g/mol. The highest BCUT2D eigenvalue weighted by molar-refractivity contribution is 6.36. The molecule has 3 nitrogen and oxygen atoms in total. The number of hydrogen-bond acceptors (Lipinski definition) is 3. The molecule has 0 aliphatic carbocycles. The quantitative estimate of drug-likeness (QED) is 0.794. The number of halogens is 1. The van der Waals surface area contributed by atoms with E-state index < -0.39 is 0 Å². The number of para-hydroxylation sites is 1. The van der Waals surface area contributed by atoms with Gasteiger partial charge in [0.15, 0.2) is 0 Å². The molecule has 3 aromatic rings. The average Bonchev–Trinajstić information content (AvgIpc) is 2.54. The molecule has 2 aromatic carbocycles. The zero-order valence-electron chi connectivity index (χ0n) is 11.6. The number of nitrogens with two attached hydrogens (primary N) is 1. The van der Waals surface area contributed by atoms with E-state index in [0.29, 0.717) is 11.6 Å². The Kier molecular flexibility index (Phi) is 3.78. The smallest absolute Gasteiger partial charge is 0.126 e. The van der Waals surface area contributed by atoms with Gasteiger partial charge < -0.3 is 10.5 Å². The van der Waals surface area contributed by atoms with Gasteiger partial charge in [-0.2, -0.15) is 0 Å². The first-order valence-corrected chi connectivity index (χ1v) is 7.03. The van der Waals surface area contributed by atoms with Crippen LogP contribution in [-0.4, -0.2) is 12.1 Å². The van der Waals surface area contributed by atoms with Crippen LogP contribution in [0.1, 0.15) is 5.69 Å². The fraction of sp³-hybridized carbons (Fsp3) is 0.118. The van der Waals surface area contributed by atoms with Crippen molar-refractivity contribution in [2.24, 2.45) is 5.73 Å². The molecule has 1 heterocycles. The summed E-state index contributed by atoms with van der Waals surface area (Å²) in [5, 5.41) is 2.62. The van der Waals surface area contributed by atoms with Gasteiger partial charge in [0, 0.05) is 39.7 Å². The van der Waals surface area contributed by atoms with Crippen molar-refractivity contribution in [1.82, 2.24) is 4.98 Å². The summed E-state index contributed by atoms with van der Waals surface area (Å²) in [6.45, 7) is 0.378. The van der Waals surface area contributed by atoms with Crippen LogP contribution in [0.2, 0.25) is 5.02 Å². The van der Waals surface area contributed by atoms with E-state index in [4.69, 9.17) is 22.1 Å². The highest BCUT2D eigenvalue weighted by Gasteiger charge is 2.14. The Bertz CT molecular complexity index is 802. The van der Waals surface area contributed by atoms with Crippen molar-refractivity contribution in [2.75, 3.05) is 7.11 Å². The number of benzene rings is 2. The molecule has 0 bridgehead atoms. The van der Waals surface area contributed by atoms with Gasteiger partial charge in [-0.1, -0.05) is 41.9 Å². The fourth-order valence-corrected chi connectivity index (χ4v) is 2.83. The van der Waals surface area contributed by atoms with Crippen LogP contribution < -0.4 is 10.5 Å². The van der Waals surface area contributed by atoms with Crippen molar-refractivity contribution in [3.8, 4) is 16.9 Å². The predicted molar refractivity (Wildman–Crippen MR) is 86.6 cm³/mol. The zero-order chi connectivity index (χ0) is 14.8. The van der Waals surface area contributed by atoms with Crippen molar-refractivity contribution in [3.63, 3.8) is 0 Å². The Hall–Kier alpha value is -2.10. The third kappa shape index (κ3) is 2.35. The van der Waals surface area contributed by atoms with Crippen LogP contribution in [0.4, 0.5) is 0 Å². The summed E-state index contributed by atoms with van der Waals surface area (Å²) in [6, 6.07) is 13.6. The molecule has 21 heavy (non-hydrogen) atoms. The topological polar surface area (TPSA) is 48.1 Å². The van der Waals surface area contributed by atoms with Crippen LogP contribution in [0.3, 0.4) is 0 Å². The second-order valence-corrected chi connectivity index (χ2v) is 5.09. The first-order valence-electron chi connectivity index (χ1n) is 6.66. The minimum Gasteiger partial charge on any atom is -0.496 e. The minimum absolute atomic E-state index is 0.378. The molecule has 4 heteroatoms. The number of fused-ring (bicyclic) bond motifs is 1. The molecule has 0 radical (unpaired) electrons. The van der Waals surface area contributed by atoms with Crippen molar-refractivity contribution < 1.29 is 4.74 Å². The van der Waals surface area contributed by atoms with E-state index >= 15 is 0 Å². The minimum atomic E-state index is 0.378. The Morgan fingerprint density at radius 2 is 1.90 bits per heavy atom. The molecule has 0 aliphatic heterocycles. The van der Waals surface area contributed by atoms with Crippen molar-refractivity contribution in [1.29, 1.82) is 0 Å². The van der Waals surface area contributed by atoms with E-state index in [0.717, 1.165) is 33.3 Å². The van der Waals surface area contributed by atoms with Crippen LogP contribution >= 0.6 is 11.6 Å². The number of hydrogen-bond donors (Lipinski definition) is 1. The maximum Gasteiger partial charge on any atom is 0.126 e. The normalized spacial score (nSPS) is 10.8. The number of aromatic nitrogens is 1. The zero-order valence-corrected chi connectivity index (χ0v) is 12.4. The largest absolute Gasteiger partial charge is 0.496 e. The summed E-state index contributed by atoms with van der Waals surface area (Å²) in [6.07, 6.45) is 1.81. The van der Waals surface area contributed by atoms with Gasteiger partial charge in [-0.25, -0.2) is 0 Å². The first kappa shape index (κ1) is 13.9. The highest BCUT2D eigenvalue weighted by atomic mass is 35.5. The van der Waals surface area contributed by atoms with Gasteiger partial charge in [-0.15, -0.1) is 0 Å². The lowest BCUT2D eigenvalue weighted by molar-refractivity contribution is 0.416. The molecule has 0 fully saturated rings. The van der Waals surface area contributed by atoms with Gasteiger partial charge in [0.2, 0.25) is 0 Å². The van der Waals surface area contributed by atoms with Crippen LogP contribution in [-0.2, 0) is 6.54 Å². The molecule has 0 amide bonds. The molecule has 3 rings (SSSR count). The molecule has 0 atom stereocenters. The van der Waals surface area contributed by atoms with E-state index in [1.165, 1.54) is 0 Å². The second-order valence-electron chi connectivity index (χ2n) is 4.69. The number of pyridine rings is 1. The van der Waals surface area contributed by atoms with Gasteiger partial charge in [0.1, 0.15) is 5.75 Å². The number of rotatable bonds is 3. The summed E-state index contributed by atoms with van der Waals surface area (Å²) in [4.78, 5) is 4.48. The second kappa shape index (κ2) is 5.72. The van der Waals surface area contributed by atoms with E-state index in [-0.39, 0.29) is 0 Å². The maximum absolute atomic E-state index is 6.43. The lowest BCUT2D eigenvalue weighted by atomic mass is 9.98. The van der Waals surface area contributed by atoms with Gasteiger partial charge in [-0.3, -0.25) is 4.98 Å². The highest BCUT2D eigenvalue weighted by Crippen LogP contribution is 2.38. The lowest BCUT2D eigenvalue weighted by Gasteiger charge is -2.13. The standard InChI is InChI=1S/C17H15ClN2O/c1-21-16-8-3-2-5-11(16)13-10-20-15(9-19)12-6-4-7-14(18)17(12)13/h2-8,10H,9,19H2,1H3. The molecule has 0 aliphatic rings.